The van der Waals surface area contributed by atoms with Crippen LogP contribution in [-0.4, -0.2) is 53.4 Å². The van der Waals surface area contributed by atoms with Crippen LogP contribution in [0.3, 0.4) is 0 Å². The van der Waals surface area contributed by atoms with Crippen LogP contribution in [0, 0.1) is 0 Å². The minimum Gasteiger partial charge on any atom is -0.464 e. The monoisotopic (exact) mass is 360 g/mol. The van der Waals surface area contributed by atoms with Gasteiger partial charge in [-0.05, 0) is 25.8 Å². The van der Waals surface area contributed by atoms with E-state index >= 15 is 0 Å². The van der Waals surface area contributed by atoms with Gasteiger partial charge in [0.15, 0.2) is 5.71 Å². The number of oxime groups is 1. The molecule has 1 saturated heterocycles. The third kappa shape index (κ3) is 3.26. The number of nitrogens with zero attached hydrogens (tertiary/aromatic N) is 2. The Morgan fingerprint density at radius 3 is 2.65 bits per heavy atom. The van der Waals surface area contributed by atoms with Crippen LogP contribution in [0.15, 0.2) is 35.5 Å². The quantitative estimate of drug-likeness (QED) is 0.758. The largest absolute Gasteiger partial charge is 0.464 e. The van der Waals surface area contributed by atoms with Gasteiger partial charge in [-0.1, -0.05) is 35.5 Å². The van der Waals surface area contributed by atoms with E-state index < -0.39 is 35.7 Å². The topological polar surface area (TPSA) is 94.5 Å². The molecule has 2 heterocycles. The summed E-state index contributed by atoms with van der Waals surface area (Å²) in [5.41, 5.74) is 0.130. The molecular weight excluding hydrogens is 340 g/mol. The number of ether oxygens (including phenoxy) is 2. The summed E-state index contributed by atoms with van der Waals surface area (Å²) in [5, 5.41) is 3.59. The van der Waals surface area contributed by atoms with Crippen molar-refractivity contribution in [1.82, 2.24) is 4.90 Å². The molecule has 2 atom stereocenters. The summed E-state index contributed by atoms with van der Waals surface area (Å²) < 4.78 is 9.98. The highest BCUT2D eigenvalue weighted by Crippen LogP contribution is 2.33. The highest BCUT2D eigenvalue weighted by molar-refractivity contribution is 6.37. The molecule has 8 nitrogen and oxygen atoms in total. The van der Waals surface area contributed by atoms with E-state index in [2.05, 4.69) is 9.89 Å². The lowest BCUT2D eigenvalue weighted by molar-refractivity contribution is -0.140. The Bertz CT molecular complexity index is 758. The standard InChI is InChI=1S/C18H20N2O6/c1-18(2)14(9-11-7-5-4-6-8-11)20(17(23)25-18)15(21)13-10-12(19-26-13)16(22)24-3/h4-8,13-14H,9-10H2,1-3H3/t13-,14+/m1/s1. The molecule has 1 aromatic rings. The Hall–Kier alpha value is -2.90. The van der Waals surface area contributed by atoms with Crippen LogP contribution >= 0.6 is 0 Å². The van der Waals surface area contributed by atoms with E-state index in [4.69, 9.17) is 9.57 Å². The number of rotatable bonds is 4. The number of hydrogen-bond donors (Lipinski definition) is 0. The Labute approximate surface area is 150 Å². The lowest BCUT2D eigenvalue weighted by Crippen LogP contribution is -2.49. The molecule has 1 fully saturated rings. The van der Waals surface area contributed by atoms with Gasteiger partial charge in [0.2, 0.25) is 6.10 Å². The average molecular weight is 360 g/mol. The molecule has 8 heteroatoms. The van der Waals surface area contributed by atoms with Crippen molar-refractivity contribution in [2.75, 3.05) is 7.11 Å². The van der Waals surface area contributed by atoms with Gasteiger partial charge in [-0.25, -0.2) is 14.5 Å². The number of cyclic esters (lactones) is 1. The number of carbonyl (C=O) groups is 3. The number of benzene rings is 1. The second-order valence-corrected chi connectivity index (χ2v) is 6.71. The molecule has 138 valence electrons. The van der Waals surface area contributed by atoms with Crippen molar-refractivity contribution in [3.63, 3.8) is 0 Å². The molecule has 0 aliphatic carbocycles. The fourth-order valence-corrected chi connectivity index (χ4v) is 3.10. The highest BCUT2D eigenvalue weighted by Gasteiger charge is 2.53. The molecular formula is C18H20N2O6. The van der Waals surface area contributed by atoms with Crippen molar-refractivity contribution in [3.8, 4) is 0 Å². The van der Waals surface area contributed by atoms with Crippen molar-refractivity contribution in [3.05, 3.63) is 35.9 Å². The number of hydrogen-bond acceptors (Lipinski definition) is 7. The predicted octanol–water partition coefficient (Wildman–Crippen LogP) is 1.67. The van der Waals surface area contributed by atoms with Gasteiger partial charge >= 0.3 is 12.1 Å². The van der Waals surface area contributed by atoms with Crippen LogP contribution in [0.4, 0.5) is 4.79 Å². The summed E-state index contributed by atoms with van der Waals surface area (Å²) >= 11 is 0. The van der Waals surface area contributed by atoms with Gasteiger partial charge in [-0.2, -0.15) is 0 Å². The molecule has 0 saturated carbocycles. The Kier molecular flexibility index (Phi) is 4.67. The predicted molar refractivity (Wildman–Crippen MR) is 90.3 cm³/mol. The zero-order valence-electron chi connectivity index (χ0n) is 14.8. The van der Waals surface area contributed by atoms with Gasteiger partial charge in [0.05, 0.1) is 13.2 Å². The summed E-state index contributed by atoms with van der Waals surface area (Å²) in [6.07, 6.45) is -1.38. The van der Waals surface area contributed by atoms with Gasteiger partial charge < -0.3 is 14.3 Å². The molecule has 0 unspecified atom stereocenters. The maximum atomic E-state index is 12.9. The first kappa shape index (κ1) is 17.9. The molecule has 0 spiro atoms. The van der Waals surface area contributed by atoms with Crippen LogP contribution in [0.25, 0.3) is 0 Å². The first-order chi connectivity index (χ1) is 12.3. The van der Waals surface area contributed by atoms with Crippen LogP contribution in [0.1, 0.15) is 25.8 Å². The summed E-state index contributed by atoms with van der Waals surface area (Å²) in [6, 6.07) is 9.02. The van der Waals surface area contributed by atoms with Crippen molar-refractivity contribution in [2.24, 2.45) is 5.16 Å². The zero-order valence-corrected chi connectivity index (χ0v) is 14.8. The van der Waals surface area contributed by atoms with E-state index in [0.717, 1.165) is 10.5 Å². The Morgan fingerprint density at radius 1 is 1.31 bits per heavy atom. The number of methoxy groups -OCH3 is 1. The average Bonchev–Trinajstić information content (AvgIpc) is 3.18. The molecule has 0 N–H and O–H groups in total. The number of imide groups is 1. The van der Waals surface area contributed by atoms with Crippen LogP contribution < -0.4 is 0 Å². The minimum absolute atomic E-state index is 0.0114. The second-order valence-electron chi connectivity index (χ2n) is 6.71. The third-order valence-corrected chi connectivity index (χ3v) is 4.54. The fourth-order valence-electron chi connectivity index (χ4n) is 3.10. The normalized spacial score (nSPS) is 23.9. The van der Waals surface area contributed by atoms with Gasteiger partial charge in [0.25, 0.3) is 5.91 Å². The maximum Gasteiger partial charge on any atom is 0.417 e. The number of amides is 2. The van der Waals surface area contributed by atoms with Crippen molar-refractivity contribution in [1.29, 1.82) is 0 Å². The zero-order chi connectivity index (χ0) is 18.9. The van der Waals surface area contributed by atoms with Crippen LogP contribution in [0.5, 0.6) is 0 Å². The summed E-state index contributed by atoms with van der Waals surface area (Å²) in [7, 11) is 1.22. The fraction of sp³-hybridized carbons (Fsp3) is 0.444. The highest BCUT2D eigenvalue weighted by atomic mass is 16.7. The SMILES string of the molecule is COC(=O)C1=NO[C@@H](C(=O)N2C(=O)OC(C)(C)[C@@H]2Cc2ccccc2)C1. The first-order valence-corrected chi connectivity index (χ1v) is 8.24. The molecule has 1 aromatic carbocycles. The lowest BCUT2D eigenvalue weighted by Gasteiger charge is -2.28. The van der Waals surface area contributed by atoms with E-state index in [9.17, 15) is 14.4 Å². The smallest absolute Gasteiger partial charge is 0.417 e. The maximum absolute atomic E-state index is 12.9. The Balaban J connectivity index is 1.79. The summed E-state index contributed by atoms with van der Waals surface area (Å²) in [5.74, 6) is -1.24. The van der Waals surface area contributed by atoms with Gasteiger partial charge in [0, 0.05) is 6.42 Å². The van der Waals surface area contributed by atoms with E-state index in [0.29, 0.717) is 6.42 Å². The van der Waals surface area contributed by atoms with Gasteiger partial charge in [0.1, 0.15) is 5.60 Å². The van der Waals surface area contributed by atoms with E-state index in [1.807, 2.05) is 30.3 Å². The molecule has 3 rings (SSSR count). The minimum atomic E-state index is -1.05. The molecule has 0 aromatic heterocycles. The van der Waals surface area contributed by atoms with E-state index in [-0.39, 0.29) is 12.1 Å². The molecule has 0 radical (unpaired) electrons. The van der Waals surface area contributed by atoms with Crippen LogP contribution in [0.2, 0.25) is 0 Å². The molecule has 2 amide bonds. The molecule has 26 heavy (non-hydrogen) atoms. The Morgan fingerprint density at radius 2 is 2.00 bits per heavy atom. The summed E-state index contributed by atoms with van der Waals surface area (Å²) in [6.45, 7) is 3.52. The molecule has 2 aliphatic rings. The van der Waals surface area contributed by atoms with Gasteiger partial charge in [-0.3, -0.25) is 4.79 Å². The second kappa shape index (κ2) is 6.78. The molecule has 2 aliphatic heterocycles. The van der Waals surface area contributed by atoms with Crippen molar-refractivity contribution in [2.45, 2.75) is 44.4 Å². The number of esters is 1. The van der Waals surface area contributed by atoms with Gasteiger partial charge in [-0.15, -0.1) is 0 Å². The summed E-state index contributed by atoms with van der Waals surface area (Å²) in [4.78, 5) is 42.9. The van der Waals surface area contributed by atoms with Crippen LogP contribution in [-0.2, 0) is 30.3 Å². The molecule has 0 bridgehead atoms. The van der Waals surface area contributed by atoms with E-state index in [1.165, 1.54) is 7.11 Å². The third-order valence-electron chi connectivity index (χ3n) is 4.54. The van der Waals surface area contributed by atoms with Crippen molar-refractivity contribution < 1.29 is 28.7 Å². The van der Waals surface area contributed by atoms with E-state index in [1.54, 1.807) is 13.8 Å². The first-order valence-electron chi connectivity index (χ1n) is 8.24. The number of carbonyl (C=O) groups excluding carboxylic acids is 3. The van der Waals surface area contributed by atoms with Crippen molar-refractivity contribution >= 4 is 23.7 Å². The lowest BCUT2D eigenvalue weighted by atomic mass is 9.91.